The standard InChI is InChI=1S/C19H23NO4/c1-12-6-8-17(13(2)10-12)24-14(3)19(21)20-16-11-15(22-4)7-9-18(16)23-5/h6-11,14H,1-5H3,(H,20,21). The van der Waals surface area contributed by atoms with Crippen molar-refractivity contribution in [1.82, 2.24) is 0 Å². The van der Waals surface area contributed by atoms with E-state index in [-0.39, 0.29) is 5.91 Å². The summed E-state index contributed by atoms with van der Waals surface area (Å²) in [6, 6.07) is 11.1. The maximum Gasteiger partial charge on any atom is 0.265 e. The number of rotatable bonds is 6. The highest BCUT2D eigenvalue weighted by Gasteiger charge is 2.18. The molecule has 0 bridgehead atoms. The van der Waals surface area contributed by atoms with Crippen LogP contribution in [0.4, 0.5) is 5.69 Å². The second kappa shape index (κ2) is 7.73. The van der Waals surface area contributed by atoms with Crippen LogP contribution in [-0.4, -0.2) is 26.2 Å². The molecule has 0 radical (unpaired) electrons. The Hall–Kier alpha value is -2.69. The fourth-order valence-electron chi connectivity index (χ4n) is 2.32. The molecule has 1 unspecified atom stereocenters. The number of carbonyl (C=O) groups excluding carboxylic acids is 1. The molecule has 128 valence electrons. The van der Waals surface area contributed by atoms with E-state index in [1.165, 1.54) is 0 Å². The van der Waals surface area contributed by atoms with Crippen LogP contribution in [0.3, 0.4) is 0 Å². The molecule has 5 nitrogen and oxygen atoms in total. The average Bonchev–Trinajstić information content (AvgIpc) is 2.57. The minimum absolute atomic E-state index is 0.262. The fourth-order valence-corrected chi connectivity index (χ4v) is 2.32. The number of carbonyl (C=O) groups is 1. The normalized spacial score (nSPS) is 11.5. The number of methoxy groups -OCH3 is 2. The summed E-state index contributed by atoms with van der Waals surface area (Å²) < 4.78 is 16.2. The lowest BCUT2D eigenvalue weighted by Gasteiger charge is -2.18. The molecule has 1 N–H and O–H groups in total. The third-order valence-corrected chi connectivity index (χ3v) is 3.67. The summed E-state index contributed by atoms with van der Waals surface area (Å²) in [7, 11) is 3.12. The molecule has 1 atom stereocenters. The van der Waals surface area contributed by atoms with Crippen LogP contribution in [0.1, 0.15) is 18.1 Å². The van der Waals surface area contributed by atoms with Crippen molar-refractivity contribution in [2.45, 2.75) is 26.9 Å². The van der Waals surface area contributed by atoms with E-state index in [0.29, 0.717) is 22.9 Å². The van der Waals surface area contributed by atoms with E-state index in [2.05, 4.69) is 5.32 Å². The smallest absolute Gasteiger partial charge is 0.265 e. The second-order valence-corrected chi connectivity index (χ2v) is 5.58. The van der Waals surface area contributed by atoms with Gasteiger partial charge in [0.25, 0.3) is 5.91 Å². The molecule has 5 heteroatoms. The van der Waals surface area contributed by atoms with Gasteiger partial charge in [-0.1, -0.05) is 17.7 Å². The van der Waals surface area contributed by atoms with E-state index in [4.69, 9.17) is 14.2 Å². The Labute approximate surface area is 142 Å². The Bertz CT molecular complexity index is 727. The minimum Gasteiger partial charge on any atom is -0.497 e. The van der Waals surface area contributed by atoms with Crippen molar-refractivity contribution in [3.8, 4) is 17.2 Å². The molecular formula is C19H23NO4. The van der Waals surface area contributed by atoms with Crippen LogP contribution in [0, 0.1) is 13.8 Å². The number of amides is 1. The zero-order valence-corrected chi connectivity index (χ0v) is 14.7. The van der Waals surface area contributed by atoms with Crippen LogP contribution in [0.25, 0.3) is 0 Å². The predicted molar refractivity (Wildman–Crippen MR) is 94.2 cm³/mol. The first kappa shape index (κ1) is 17.7. The van der Waals surface area contributed by atoms with Crippen LogP contribution in [-0.2, 0) is 4.79 Å². The zero-order valence-electron chi connectivity index (χ0n) is 14.7. The van der Waals surface area contributed by atoms with E-state index >= 15 is 0 Å². The summed E-state index contributed by atoms with van der Waals surface area (Å²) in [6.07, 6.45) is -0.651. The fraction of sp³-hybridized carbons (Fsp3) is 0.316. The lowest BCUT2D eigenvalue weighted by molar-refractivity contribution is -0.122. The molecule has 2 rings (SSSR count). The number of hydrogen-bond acceptors (Lipinski definition) is 4. The Morgan fingerprint density at radius 3 is 2.33 bits per heavy atom. The van der Waals surface area contributed by atoms with Crippen LogP contribution in [0.5, 0.6) is 17.2 Å². The molecule has 0 fully saturated rings. The highest BCUT2D eigenvalue weighted by atomic mass is 16.5. The molecule has 0 aliphatic rings. The van der Waals surface area contributed by atoms with Crippen LogP contribution >= 0.6 is 0 Å². The topological polar surface area (TPSA) is 56.8 Å². The molecule has 0 heterocycles. The van der Waals surface area contributed by atoms with Crippen molar-refractivity contribution in [2.75, 3.05) is 19.5 Å². The lowest BCUT2D eigenvalue weighted by Crippen LogP contribution is -2.30. The summed E-state index contributed by atoms with van der Waals surface area (Å²) in [5.74, 6) is 1.62. The number of ether oxygens (including phenoxy) is 3. The Balaban J connectivity index is 2.11. The van der Waals surface area contributed by atoms with Gasteiger partial charge in [-0.25, -0.2) is 0 Å². The first-order valence-electron chi connectivity index (χ1n) is 7.71. The van der Waals surface area contributed by atoms with Crippen molar-refractivity contribution in [3.63, 3.8) is 0 Å². The van der Waals surface area contributed by atoms with Crippen molar-refractivity contribution >= 4 is 11.6 Å². The van der Waals surface area contributed by atoms with Gasteiger partial charge < -0.3 is 19.5 Å². The lowest BCUT2D eigenvalue weighted by atomic mass is 10.1. The molecule has 0 spiro atoms. The molecule has 0 aromatic heterocycles. The van der Waals surface area contributed by atoms with Crippen molar-refractivity contribution in [1.29, 1.82) is 0 Å². The monoisotopic (exact) mass is 329 g/mol. The van der Waals surface area contributed by atoms with Crippen LogP contribution in [0.2, 0.25) is 0 Å². The van der Waals surface area contributed by atoms with Gasteiger partial charge in [0.1, 0.15) is 17.2 Å². The van der Waals surface area contributed by atoms with Gasteiger partial charge in [0.2, 0.25) is 0 Å². The molecule has 0 aliphatic carbocycles. The maximum atomic E-state index is 12.4. The number of nitrogens with one attached hydrogen (secondary N) is 1. The third-order valence-electron chi connectivity index (χ3n) is 3.67. The van der Waals surface area contributed by atoms with Crippen molar-refractivity contribution in [3.05, 3.63) is 47.5 Å². The van der Waals surface area contributed by atoms with Gasteiger partial charge in [-0.3, -0.25) is 4.79 Å². The Kier molecular flexibility index (Phi) is 5.68. The minimum atomic E-state index is -0.651. The number of aryl methyl sites for hydroxylation is 2. The summed E-state index contributed by atoms with van der Waals surface area (Å²) in [6.45, 7) is 5.68. The Morgan fingerprint density at radius 1 is 1.00 bits per heavy atom. The zero-order chi connectivity index (χ0) is 17.7. The van der Waals surface area contributed by atoms with E-state index in [1.54, 1.807) is 39.3 Å². The molecule has 2 aromatic carbocycles. The van der Waals surface area contributed by atoms with Gasteiger partial charge in [-0.05, 0) is 44.5 Å². The van der Waals surface area contributed by atoms with Gasteiger partial charge in [0, 0.05) is 6.07 Å². The van der Waals surface area contributed by atoms with Gasteiger partial charge in [-0.15, -0.1) is 0 Å². The SMILES string of the molecule is COc1ccc(OC)c(NC(=O)C(C)Oc2ccc(C)cc2C)c1. The number of benzene rings is 2. The first-order chi connectivity index (χ1) is 11.4. The quantitative estimate of drug-likeness (QED) is 0.877. The molecular weight excluding hydrogens is 306 g/mol. The van der Waals surface area contributed by atoms with Gasteiger partial charge in [0.15, 0.2) is 6.10 Å². The Morgan fingerprint density at radius 2 is 1.71 bits per heavy atom. The molecule has 0 saturated carbocycles. The van der Waals surface area contributed by atoms with E-state index < -0.39 is 6.10 Å². The van der Waals surface area contributed by atoms with E-state index in [0.717, 1.165) is 11.1 Å². The van der Waals surface area contributed by atoms with Crippen LogP contribution in [0.15, 0.2) is 36.4 Å². The van der Waals surface area contributed by atoms with Crippen LogP contribution < -0.4 is 19.5 Å². The van der Waals surface area contributed by atoms with E-state index in [1.807, 2.05) is 32.0 Å². The maximum absolute atomic E-state index is 12.4. The summed E-state index contributed by atoms with van der Waals surface area (Å²) in [5, 5.41) is 2.82. The van der Waals surface area contributed by atoms with Gasteiger partial charge in [-0.2, -0.15) is 0 Å². The van der Waals surface area contributed by atoms with Crippen molar-refractivity contribution in [2.24, 2.45) is 0 Å². The molecule has 2 aromatic rings. The highest BCUT2D eigenvalue weighted by Crippen LogP contribution is 2.29. The molecule has 0 aliphatic heterocycles. The average molecular weight is 329 g/mol. The predicted octanol–water partition coefficient (Wildman–Crippen LogP) is 3.73. The first-order valence-corrected chi connectivity index (χ1v) is 7.71. The summed E-state index contributed by atoms with van der Waals surface area (Å²) >= 11 is 0. The van der Waals surface area contributed by atoms with E-state index in [9.17, 15) is 4.79 Å². The third kappa shape index (κ3) is 4.19. The highest BCUT2D eigenvalue weighted by molar-refractivity contribution is 5.95. The number of anilines is 1. The molecule has 1 amide bonds. The summed E-state index contributed by atoms with van der Waals surface area (Å²) in [4.78, 5) is 12.4. The van der Waals surface area contributed by atoms with Gasteiger partial charge >= 0.3 is 0 Å². The van der Waals surface area contributed by atoms with Crippen molar-refractivity contribution < 1.29 is 19.0 Å². The second-order valence-electron chi connectivity index (χ2n) is 5.58. The molecule has 24 heavy (non-hydrogen) atoms. The summed E-state index contributed by atoms with van der Waals surface area (Å²) in [5.41, 5.74) is 2.68. The molecule has 0 saturated heterocycles. The number of hydrogen-bond donors (Lipinski definition) is 1. The van der Waals surface area contributed by atoms with Gasteiger partial charge in [0.05, 0.1) is 19.9 Å². The largest absolute Gasteiger partial charge is 0.497 e.